The SMILES string of the molecule is CC(C)(C)OC(=O)N1CCN(Cc2c[nH]c3ccc(Cn4ccc(OCc5ccc(F)cc5F)c(Cl)c4=O)cc23)CC1. The number of carbonyl (C=O) groups excluding carboxylic acids is 1. The summed E-state index contributed by atoms with van der Waals surface area (Å²) in [5, 5.41) is 0.941. The summed E-state index contributed by atoms with van der Waals surface area (Å²) in [5.41, 5.74) is 2.22. The second kappa shape index (κ2) is 12.1. The minimum absolute atomic E-state index is 0.117. The highest BCUT2D eigenvalue weighted by atomic mass is 35.5. The van der Waals surface area contributed by atoms with E-state index in [0.717, 1.165) is 53.8 Å². The molecular weight excluding hydrogens is 566 g/mol. The Labute approximate surface area is 247 Å². The summed E-state index contributed by atoms with van der Waals surface area (Å²) < 4.78 is 39.6. The molecule has 0 bridgehead atoms. The fourth-order valence-electron chi connectivity index (χ4n) is 4.87. The van der Waals surface area contributed by atoms with Crippen molar-refractivity contribution in [2.75, 3.05) is 26.2 Å². The number of aromatic nitrogens is 2. The molecule has 222 valence electrons. The van der Waals surface area contributed by atoms with E-state index in [2.05, 4.69) is 16.0 Å². The van der Waals surface area contributed by atoms with Crippen LogP contribution in [0, 0.1) is 11.6 Å². The summed E-state index contributed by atoms with van der Waals surface area (Å²) in [6.45, 7) is 9.09. The van der Waals surface area contributed by atoms with E-state index in [1.165, 1.54) is 10.6 Å². The number of hydrogen-bond donors (Lipinski definition) is 1. The van der Waals surface area contributed by atoms with Gasteiger partial charge in [0.15, 0.2) is 0 Å². The van der Waals surface area contributed by atoms with E-state index in [1.54, 1.807) is 17.2 Å². The third kappa shape index (κ3) is 6.94. The number of H-pyrrole nitrogens is 1. The highest BCUT2D eigenvalue weighted by Gasteiger charge is 2.26. The molecule has 1 fully saturated rings. The molecule has 2 aromatic heterocycles. The zero-order valence-electron chi connectivity index (χ0n) is 23.8. The largest absolute Gasteiger partial charge is 0.487 e. The predicted octanol–water partition coefficient (Wildman–Crippen LogP) is 5.94. The monoisotopic (exact) mass is 598 g/mol. The molecule has 4 aromatic rings. The molecule has 0 atom stereocenters. The van der Waals surface area contributed by atoms with Crippen LogP contribution in [0.2, 0.25) is 5.02 Å². The van der Waals surface area contributed by atoms with Crippen molar-refractivity contribution in [1.82, 2.24) is 19.4 Å². The predicted molar refractivity (Wildman–Crippen MR) is 157 cm³/mol. The summed E-state index contributed by atoms with van der Waals surface area (Å²) in [6.07, 6.45) is 3.29. The molecule has 2 aromatic carbocycles. The van der Waals surface area contributed by atoms with Gasteiger partial charge in [0.1, 0.15) is 34.6 Å². The number of aromatic amines is 1. The lowest BCUT2D eigenvalue weighted by Crippen LogP contribution is -2.49. The number of benzene rings is 2. The van der Waals surface area contributed by atoms with Crippen molar-refractivity contribution in [3.05, 3.63) is 98.6 Å². The average Bonchev–Trinajstić information content (AvgIpc) is 3.33. The first kappa shape index (κ1) is 29.6. The number of nitrogens with zero attached hydrogens (tertiary/aromatic N) is 3. The number of hydrogen-bond acceptors (Lipinski definition) is 5. The van der Waals surface area contributed by atoms with Gasteiger partial charge < -0.3 is 23.9 Å². The average molecular weight is 599 g/mol. The van der Waals surface area contributed by atoms with Gasteiger partial charge in [-0.25, -0.2) is 13.6 Å². The van der Waals surface area contributed by atoms with Gasteiger partial charge in [-0.1, -0.05) is 17.7 Å². The van der Waals surface area contributed by atoms with Crippen molar-refractivity contribution >= 4 is 28.6 Å². The van der Waals surface area contributed by atoms with Crippen LogP contribution in [-0.2, 0) is 24.4 Å². The number of amides is 1. The molecular formula is C31H33ClF2N4O4. The Balaban J connectivity index is 1.24. The van der Waals surface area contributed by atoms with E-state index in [4.69, 9.17) is 21.1 Å². The van der Waals surface area contributed by atoms with Gasteiger partial charge in [0.05, 0.1) is 6.54 Å². The molecule has 5 rings (SSSR count). The molecule has 1 aliphatic heterocycles. The Morgan fingerprint density at radius 1 is 1.00 bits per heavy atom. The minimum Gasteiger partial charge on any atom is -0.487 e. The van der Waals surface area contributed by atoms with Gasteiger partial charge in [-0.3, -0.25) is 9.69 Å². The summed E-state index contributed by atoms with van der Waals surface area (Å²) in [4.78, 5) is 32.7. The van der Waals surface area contributed by atoms with E-state index in [1.807, 2.05) is 39.1 Å². The Hall–Kier alpha value is -3.89. The topological polar surface area (TPSA) is 79.8 Å². The number of nitrogens with one attached hydrogen (secondary N) is 1. The second-order valence-corrected chi connectivity index (χ2v) is 11.8. The van der Waals surface area contributed by atoms with Crippen LogP contribution in [0.25, 0.3) is 10.9 Å². The molecule has 0 unspecified atom stereocenters. The van der Waals surface area contributed by atoms with Crippen molar-refractivity contribution in [2.45, 2.75) is 46.1 Å². The Morgan fingerprint density at radius 2 is 1.76 bits per heavy atom. The Bertz CT molecular complexity index is 1660. The first-order valence-electron chi connectivity index (χ1n) is 13.7. The molecule has 0 saturated carbocycles. The third-order valence-corrected chi connectivity index (χ3v) is 7.42. The number of carbonyl (C=O) groups is 1. The van der Waals surface area contributed by atoms with Crippen LogP contribution in [-0.4, -0.2) is 57.2 Å². The zero-order chi connectivity index (χ0) is 30.0. The first-order chi connectivity index (χ1) is 20.0. The van der Waals surface area contributed by atoms with E-state index < -0.39 is 22.8 Å². The summed E-state index contributed by atoms with van der Waals surface area (Å²) in [7, 11) is 0. The lowest BCUT2D eigenvalue weighted by molar-refractivity contribution is 0.0139. The Kier molecular flexibility index (Phi) is 8.56. The number of halogens is 3. The fourth-order valence-corrected chi connectivity index (χ4v) is 5.09. The molecule has 1 N–H and O–H groups in total. The highest BCUT2D eigenvalue weighted by Crippen LogP contribution is 2.25. The number of rotatable bonds is 7. The molecule has 42 heavy (non-hydrogen) atoms. The normalized spacial score (nSPS) is 14.4. The first-order valence-corrected chi connectivity index (χ1v) is 14.1. The maximum absolute atomic E-state index is 13.9. The molecule has 11 heteroatoms. The van der Waals surface area contributed by atoms with Crippen LogP contribution in [0.4, 0.5) is 13.6 Å². The summed E-state index contributed by atoms with van der Waals surface area (Å²) in [5.74, 6) is -1.29. The minimum atomic E-state index is -0.734. The van der Waals surface area contributed by atoms with Crippen LogP contribution in [0.3, 0.4) is 0 Å². The smallest absolute Gasteiger partial charge is 0.410 e. The lowest BCUT2D eigenvalue weighted by atomic mass is 10.1. The number of pyridine rings is 1. The van der Waals surface area contributed by atoms with Crippen molar-refractivity contribution in [3.63, 3.8) is 0 Å². The number of fused-ring (bicyclic) bond motifs is 1. The highest BCUT2D eigenvalue weighted by molar-refractivity contribution is 6.31. The van der Waals surface area contributed by atoms with Crippen molar-refractivity contribution in [3.8, 4) is 5.75 Å². The maximum atomic E-state index is 13.9. The van der Waals surface area contributed by atoms with Gasteiger partial charge in [-0.2, -0.15) is 0 Å². The Morgan fingerprint density at radius 3 is 2.48 bits per heavy atom. The van der Waals surface area contributed by atoms with Gasteiger partial charge in [0, 0.05) is 67.7 Å². The van der Waals surface area contributed by atoms with Crippen LogP contribution in [0.5, 0.6) is 5.75 Å². The molecule has 0 spiro atoms. The molecule has 0 aliphatic carbocycles. The van der Waals surface area contributed by atoms with Crippen molar-refractivity contribution in [1.29, 1.82) is 0 Å². The van der Waals surface area contributed by atoms with Crippen LogP contribution < -0.4 is 10.3 Å². The molecule has 1 aliphatic rings. The lowest BCUT2D eigenvalue weighted by Gasteiger charge is -2.35. The quantitative estimate of drug-likeness (QED) is 0.285. The fraction of sp³-hybridized carbons (Fsp3) is 0.355. The van der Waals surface area contributed by atoms with Crippen LogP contribution in [0.1, 0.15) is 37.5 Å². The van der Waals surface area contributed by atoms with E-state index in [9.17, 15) is 18.4 Å². The third-order valence-electron chi connectivity index (χ3n) is 7.07. The number of piperazine rings is 1. The standard InChI is InChI=1S/C31H33ClF2N4O4/c1-31(2,3)42-30(40)37-12-10-36(11-13-37)18-22-16-35-26-7-4-20(14-24(22)26)17-38-9-8-27(28(32)29(38)39)41-19-21-5-6-23(33)15-25(21)34/h4-9,14-16,35H,10-13,17-19H2,1-3H3. The van der Waals surface area contributed by atoms with E-state index >= 15 is 0 Å². The van der Waals surface area contributed by atoms with E-state index in [-0.39, 0.29) is 29.0 Å². The summed E-state index contributed by atoms with van der Waals surface area (Å²) in [6, 6.07) is 10.7. The van der Waals surface area contributed by atoms with Crippen molar-refractivity contribution < 1.29 is 23.0 Å². The van der Waals surface area contributed by atoms with Gasteiger partial charge >= 0.3 is 6.09 Å². The van der Waals surface area contributed by atoms with Gasteiger partial charge in [-0.15, -0.1) is 0 Å². The van der Waals surface area contributed by atoms with Crippen LogP contribution >= 0.6 is 11.6 Å². The van der Waals surface area contributed by atoms with Gasteiger partial charge in [-0.05, 0) is 62.2 Å². The van der Waals surface area contributed by atoms with Crippen molar-refractivity contribution in [2.24, 2.45) is 0 Å². The van der Waals surface area contributed by atoms with Crippen LogP contribution in [0.15, 0.2) is 59.7 Å². The number of ether oxygens (including phenoxy) is 2. The molecule has 0 radical (unpaired) electrons. The van der Waals surface area contributed by atoms with Gasteiger partial charge in [0.2, 0.25) is 0 Å². The molecule has 1 amide bonds. The second-order valence-electron chi connectivity index (χ2n) is 11.4. The maximum Gasteiger partial charge on any atom is 0.410 e. The van der Waals surface area contributed by atoms with E-state index in [0.29, 0.717) is 19.6 Å². The summed E-state index contributed by atoms with van der Waals surface area (Å²) >= 11 is 6.31. The zero-order valence-corrected chi connectivity index (χ0v) is 24.5. The molecule has 3 heterocycles. The molecule has 8 nitrogen and oxygen atoms in total. The van der Waals surface area contributed by atoms with Gasteiger partial charge in [0.25, 0.3) is 5.56 Å². The molecule has 1 saturated heterocycles.